The van der Waals surface area contributed by atoms with Gasteiger partial charge in [0.25, 0.3) is 5.91 Å². The van der Waals surface area contributed by atoms with E-state index in [-0.39, 0.29) is 11.3 Å². The van der Waals surface area contributed by atoms with Crippen LogP contribution in [0.5, 0.6) is 0 Å². The standard InChI is InChI=1S/C18H13ClFN3O2S/c1-10(24)21-15-8-11(6-7-14(15)20)17(25)23-18-22-16(9-26-18)12-4-2-3-5-13(12)19/h2-9H,1H3,(H,21,24)(H,22,23,25). The predicted molar refractivity (Wildman–Crippen MR) is 101 cm³/mol. The van der Waals surface area contributed by atoms with Crippen LogP contribution < -0.4 is 10.6 Å². The van der Waals surface area contributed by atoms with Crippen LogP contribution in [0.3, 0.4) is 0 Å². The SMILES string of the molecule is CC(=O)Nc1cc(C(=O)Nc2nc(-c3ccccc3Cl)cs2)ccc1F. The van der Waals surface area contributed by atoms with Gasteiger partial charge in [-0.05, 0) is 24.3 Å². The number of amides is 2. The molecule has 3 aromatic rings. The van der Waals surface area contributed by atoms with Gasteiger partial charge in [-0.1, -0.05) is 29.8 Å². The minimum atomic E-state index is -0.619. The lowest BCUT2D eigenvalue weighted by Gasteiger charge is -2.07. The van der Waals surface area contributed by atoms with Crippen molar-refractivity contribution in [1.82, 2.24) is 4.98 Å². The van der Waals surface area contributed by atoms with E-state index in [1.54, 1.807) is 11.4 Å². The number of nitrogens with one attached hydrogen (secondary N) is 2. The first-order valence-corrected chi connectivity index (χ1v) is 8.78. The van der Waals surface area contributed by atoms with E-state index in [1.807, 2.05) is 18.2 Å². The smallest absolute Gasteiger partial charge is 0.257 e. The van der Waals surface area contributed by atoms with Crippen LogP contribution in [0.2, 0.25) is 5.02 Å². The van der Waals surface area contributed by atoms with Crippen molar-refractivity contribution in [3.8, 4) is 11.3 Å². The zero-order valence-corrected chi connectivity index (χ0v) is 15.1. The van der Waals surface area contributed by atoms with Crippen molar-refractivity contribution in [3.05, 3.63) is 64.2 Å². The average Bonchev–Trinajstić information content (AvgIpc) is 3.05. The zero-order valence-electron chi connectivity index (χ0n) is 13.5. The third kappa shape index (κ3) is 4.07. The molecule has 3 rings (SSSR count). The average molecular weight is 390 g/mol. The normalized spacial score (nSPS) is 10.4. The third-order valence-electron chi connectivity index (χ3n) is 3.41. The second-order valence-electron chi connectivity index (χ2n) is 5.35. The van der Waals surface area contributed by atoms with E-state index in [1.165, 1.54) is 30.4 Å². The predicted octanol–water partition coefficient (Wildman–Crippen LogP) is 4.81. The molecule has 0 aliphatic heterocycles. The minimum absolute atomic E-state index is 0.0546. The fourth-order valence-electron chi connectivity index (χ4n) is 2.25. The molecule has 0 fully saturated rings. The maximum absolute atomic E-state index is 13.7. The Hall–Kier alpha value is -2.77. The summed E-state index contributed by atoms with van der Waals surface area (Å²) in [6.45, 7) is 1.26. The molecule has 0 spiro atoms. The molecule has 0 unspecified atom stereocenters. The van der Waals surface area contributed by atoms with Crippen molar-refractivity contribution in [3.63, 3.8) is 0 Å². The lowest BCUT2D eigenvalue weighted by Crippen LogP contribution is -2.14. The molecule has 0 aliphatic carbocycles. The van der Waals surface area contributed by atoms with Gasteiger partial charge in [-0.3, -0.25) is 14.9 Å². The minimum Gasteiger partial charge on any atom is -0.324 e. The number of nitrogens with zero attached hydrogens (tertiary/aromatic N) is 1. The van der Waals surface area contributed by atoms with Crippen LogP contribution in [0.25, 0.3) is 11.3 Å². The van der Waals surface area contributed by atoms with Crippen LogP contribution in [-0.2, 0) is 4.79 Å². The molecule has 2 amide bonds. The Morgan fingerprint density at radius 1 is 1.15 bits per heavy atom. The third-order valence-corrected chi connectivity index (χ3v) is 4.50. The molecule has 0 bridgehead atoms. The number of carbonyl (C=O) groups is 2. The number of aromatic nitrogens is 1. The molecule has 1 aromatic heterocycles. The second kappa shape index (κ2) is 7.63. The van der Waals surface area contributed by atoms with Crippen LogP contribution in [-0.4, -0.2) is 16.8 Å². The van der Waals surface area contributed by atoms with Crippen LogP contribution in [0.4, 0.5) is 15.2 Å². The molecule has 0 atom stereocenters. The molecule has 2 aromatic carbocycles. The molecule has 0 radical (unpaired) electrons. The van der Waals surface area contributed by atoms with Gasteiger partial charge in [0.2, 0.25) is 5.91 Å². The van der Waals surface area contributed by atoms with Crippen LogP contribution in [0.15, 0.2) is 47.8 Å². The summed E-state index contributed by atoms with van der Waals surface area (Å²) in [4.78, 5) is 27.8. The van der Waals surface area contributed by atoms with Crippen LogP contribution >= 0.6 is 22.9 Å². The second-order valence-corrected chi connectivity index (χ2v) is 6.61. The Bertz CT molecular complexity index is 990. The zero-order chi connectivity index (χ0) is 18.7. The van der Waals surface area contributed by atoms with E-state index < -0.39 is 17.6 Å². The van der Waals surface area contributed by atoms with Crippen molar-refractivity contribution in [2.75, 3.05) is 10.6 Å². The number of rotatable bonds is 4. The van der Waals surface area contributed by atoms with Gasteiger partial charge in [-0.2, -0.15) is 0 Å². The Kier molecular flexibility index (Phi) is 5.29. The molecule has 8 heteroatoms. The summed E-state index contributed by atoms with van der Waals surface area (Å²) >= 11 is 7.40. The number of hydrogen-bond donors (Lipinski definition) is 2. The molecule has 26 heavy (non-hydrogen) atoms. The molecule has 0 saturated carbocycles. The van der Waals surface area contributed by atoms with Gasteiger partial charge in [0.05, 0.1) is 11.4 Å². The number of benzene rings is 2. The maximum Gasteiger partial charge on any atom is 0.257 e. The van der Waals surface area contributed by atoms with Gasteiger partial charge in [0.15, 0.2) is 5.13 Å². The first kappa shape index (κ1) is 18.0. The molecular formula is C18H13ClFN3O2S. The van der Waals surface area contributed by atoms with Crippen LogP contribution in [0, 0.1) is 5.82 Å². The molecule has 132 valence electrons. The highest BCUT2D eigenvalue weighted by atomic mass is 35.5. The summed E-state index contributed by atoms with van der Waals surface area (Å²) in [6.07, 6.45) is 0. The summed E-state index contributed by atoms with van der Waals surface area (Å²) in [5.41, 5.74) is 1.56. The number of anilines is 2. The molecule has 0 aliphatic rings. The maximum atomic E-state index is 13.7. The Morgan fingerprint density at radius 2 is 1.92 bits per heavy atom. The highest BCUT2D eigenvalue weighted by Gasteiger charge is 2.14. The Labute approximate surface area is 157 Å². The highest BCUT2D eigenvalue weighted by Crippen LogP contribution is 2.30. The van der Waals surface area contributed by atoms with Gasteiger partial charge in [0.1, 0.15) is 5.82 Å². The van der Waals surface area contributed by atoms with Crippen molar-refractivity contribution in [2.24, 2.45) is 0 Å². The molecule has 5 nitrogen and oxygen atoms in total. The summed E-state index contributed by atoms with van der Waals surface area (Å²) in [5.74, 6) is -1.51. The molecule has 1 heterocycles. The van der Waals surface area contributed by atoms with E-state index in [0.717, 1.165) is 11.6 Å². The Morgan fingerprint density at radius 3 is 2.65 bits per heavy atom. The van der Waals surface area contributed by atoms with Crippen molar-refractivity contribution < 1.29 is 14.0 Å². The summed E-state index contributed by atoms with van der Waals surface area (Å²) in [5, 5.41) is 7.73. The Balaban J connectivity index is 1.79. The van der Waals surface area contributed by atoms with Gasteiger partial charge >= 0.3 is 0 Å². The summed E-state index contributed by atoms with van der Waals surface area (Å²) in [6, 6.07) is 11.0. The molecule has 0 saturated heterocycles. The van der Waals surface area contributed by atoms with Crippen molar-refractivity contribution in [2.45, 2.75) is 6.92 Å². The first-order valence-electron chi connectivity index (χ1n) is 7.53. The van der Waals surface area contributed by atoms with Crippen molar-refractivity contribution in [1.29, 1.82) is 0 Å². The van der Waals surface area contributed by atoms with Gasteiger partial charge in [-0.15, -0.1) is 11.3 Å². The summed E-state index contributed by atoms with van der Waals surface area (Å²) < 4.78 is 13.7. The van der Waals surface area contributed by atoms with E-state index in [2.05, 4.69) is 15.6 Å². The summed E-state index contributed by atoms with van der Waals surface area (Å²) in [7, 11) is 0. The van der Waals surface area contributed by atoms with Gasteiger partial charge < -0.3 is 5.32 Å². The molecule has 2 N–H and O–H groups in total. The fraction of sp³-hybridized carbons (Fsp3) is 0.0556. The fourth-order valence-corrected chi connectivity index (χ4v) is 3.18. The number of halogens is 2. The highest BCUT2D eigenvalue weighted by molar-refractivity contribution is 7.14. The van der Waals surface area contributed by atoms with E-state index in [0.29, 0.717) is 15.8 Å². The van der Waals surface area contributed by atoms with Gasteiger partial charge in [-0.25, -0.2) is 9.37 Å². The monoisotopic (exact) mass is 389 g/mol. The van der Waals surface area contributed by atoms with E-state index >= 15 is 0 Å². The lowest BCUT2D eigenvalue weighted by atomic mass is 10.2. The van der Waals surface area contributed by atoms with E-state index in [9.17, 15) is 14.0 Å². The number of hydrogen-bond acceptors (Lipinski definition) is 4. The van der Waals surface area contributed by atoms with Crippen LogP contribution in [0.1, 0.15) is 17.3 Å². The first-order chi connectivity index (χ1) is 12.4. The lowest BCUT2D eigenvalue weighted by molar-refractivity contribution is -0.114. The number of carbonyl (C=O) groups excluding carboxylic acids is 2. The largest absolute Gasteiger partial charge is 0.324 e. The van der Waals surface area contributed by atoms with Crippen molar-refractivity contribution >= 4 is 45.6 Å². The molecular weight excluding hydrogens is 377 g/mol. The topological polar surface area (TPSA) is 71.1 Å². The van der Waals surface area contributed by atoms with E-state index in [4.69, 9.17) is 11.6 Å². The number of thiazole rings is 1. The quantitative estimate of drug-likeness (QED) is 0.672. The van der Waals surface area contributed by atoms with Gasteiger partial charge in [0, 0.05) is 28.5 Å².